The minimum Gasteiger partial charge on any atom is -0.288 e. The fourth-order valence-corrected chi connectivity index (χ4v) is 5.06. The highest BCUT2D eigenvalue weighted by atomic mass is 32.2. The number of Topliss-reactive ketones (excluding diaryl/α,β-unsaturated/α-hetero) is 2. The predicted octanol–water partition coefficient (Wildman–Crippen LogP) is 6.25. The van der Waals surface area contributed by atoms with Gasteiger partial charge >= 0.3 is 0 Å². The number of sulfone groups is 1. The number of ketones is 2. The summed E-state index contributed by atoms with van der Waals surface area (Å²) in [6.45, 7) is 0. The molecule has 0 aliphatic carbocycles. The zero-order valence-electron chi connectivity index (χ0n) is 18.7. The average molecular weight is 479 g/mol. The van der Waals surface area contributed by atoms with Gasteiger partial charge < -0.3 is 0 Å². The molecule has 0 spiro atoms. The Labute approximate surface area is 204 Å². The van der Waals surface area contributed by atoms with Gasteiger partial charge in [-0.25, -0.2) is 8.42 Å². The summed E-state index contributed by atoms with van der Waals surface area (Å²) in [4.78, 5) is 26.1. The van der Waals surface area contributed by atoms with E-state index in [0.29, 0.717) is 11.1 Å². The third-order valence-electron chi connectivity index (χ3n) is 5.29. The minimum absolute atomic E-state index is 0.212. The van der Waals surface area contributed by atoms with E-state index in [1.807, 2.05) is 0 Å². The lowest BCUT2D eigenvalue weighted by Gasteiger charge is -2.13. The lowest BCUT2D eigenvalue weighted by Crippen LogP contribution is -2.20. The Bertz CT molecular complexity index is 1380. The number of hydrogen-bond acceptors (Lipinski definition) is 4. The normalized spacial score (nSPS) is 12.2. The van der Waals surface area contributed by atoms with Gasteiger partial charge in [-0.2, -0.15) is 0 Å². The van der Waals surface area contributed by atoms with Crippen molar-refractivity contribution in [1.29, 1.82) is 0 Å². The van der Waals surface area contributed by atoms with Crippen molar-refractivity contribution in [1.82, 2.24) is 0 Å². The molecule has 0 fully saturated rings. The Balaban J connectivity index is 1.94. The molecule has 0 unspecified atom stereocenters. The molecule has 4 rings (SSSR count). The van der Waals surface area contributed by atoms with E-state index in [4.69, 9.17) is 0 Å². The summed E-state index contributed by atoms with van der Waals surface area (Å²) in [5.41, 5.74) is 1.48. The van der Waals surface area contributed by atoms with Gasteiger partial charge in [0.25, 0.3) is 0 Å². The quantitative estimate of drug-likeness (QED) is 0.222. The molecule has 0 saturated heterocycles. The molecule has 0 amide bonds. The van der Waals surface area contributed by atoms with E-state index in [0.717, 1.165) is 0 Å². The second-order valence-electron chi connectivity index (χ2n) is 7.73. The van der Waals surface area contributed by atoms with Gasteiger partial charge in [-0.1, -0.05) is 121 Å². The van der Waals surface area contributed by atoms with E-state index in [2.05, 4.69) is 0 Å². The van der Waals surface area contributed by atoms with Crippen molar-refractivity contribution in [3.05, 3.63) is 153 Å². The van der Waals surface area contributed by atoms with Crippen LogP contribution in [0.2, 0.25) is 0 Å². The number of carbonyl (C=O) groups excluding carboxylic acids is 2. The second-order valence-corrected chi connectivity index (χ2v) is 9.62. The highest BCUT2D eigenvalue weighted by Crippen LogP contribution is 2.28. The van der Waals surface area contributed by atoms with E-state index in [-0.39, 0.29) is 11.1 Å². The SMILES string of the molecule is O=C(/C(=C/c1ccccc1)S(=O)(=O)/C(=C/c1ccccc1)C(=O)c1ccccc1)c1ccccc1. The summed E-state index contributed by atoms with van der Waals surface area (Å²) in [6.07, 6.45) is 2.64. The Hall–Kier alpha value is -4.35. The van der Waals surface area contributed by atoms with Crippen LogP contribution in [-0.2, 0) is 9.84 Å². The van der Waals surface area contributed by atoms with Crippen LogP contribution in [0, 0.1) is 0 Å². The highest BCUT2D eigenvalue weighted by Gasteiger charge is 2.34. The van der Waals surface area contributed by atoms with Crippen molar-refractivity contribution >= 4 is 33.6 Å². The van der Waals surface area contributed by atoms with Crippen molar-refractivity contribution in [3.8, 4) is 0 Å². The molecule has 0 saturated carbocycles. The molecule has 0 heterocycles. The monoisotopic (exact) mass is 478 g/mol. The lowest BCUT2D eigenvalue weighted by atomic mass is 10.1. The van der Waals surface area contributed by atoms with Crippen molar-refractivity contribution in [2.45, 2.75) is 0 Å². The van der Waals surface area contributed by atoms with Crippen molar-refractivity contribution < 1.29 is 18.0 Å². The van der Waals surface area contributed by atoms with Crippen LogP contribution < -0.4 is 0 Å². The van der Waals surface area contributed by atoms with Crippen molar-refractivity contribution in [2.75, 3.05) is 0 Å². The van der Waals surface area contributed by atoms with Gasteiger partial charge in [-0.3, -0.25) is 9.59 Å². The van der Waals surface area contributed by atoms with Gasteiger partial charge in [0.15, 0.2) is 0 Å². The molecule has 4 aromatic rings. The van der Waals surface area contributed by atoms with E-state index in [1.54, 1.807) is 121 Å². The summed E-state index contributed by atoms with van der Waals surface area (Å²) in [5.74, 6) is -1.37. The number of hydrogen-bond donors (Lipinski definition) is 0. The maximum Gasteiger partial charge on any atom is 0.214 e. The Morgan fingerprint density at radius 1 is 0.457 bits per heavy atom. The lowest BCUT2D eigenvalue weighted by molar-refractivity contribution is 0.103. The van der Waals surface area contributed by atoms with Crippen LogP contribution in [0.5, 0.6) is 0 Å². The van der Waals surface area contributed by atoms with Crippen LogP contribution in [0.4, 0.5) is 0 Å². The molecular weight excluding hydrogens is 456 g/mol. The average Bonchev–Trinajstić information content (AvgIpc) is 2.91. The second kappa shape index (κ2) is 10.7. The molecular formula is C30H22O4S. The Morgan fingerprint density at radius 2 is 0.743 bits per heavy atom. The number of allylic oxidation sites excluding steroid dienone is 2. The van der Waals surface area contributed by atoms with Gasteiger partial charge in [-0.05, 0) is 23.3 Å². The molecule has 0 aliphatic rings. The van der Waals surface area contributed by atoms with Gasteiger partial charge in [0.2, 0.25) is 21.4 Å². The van der Waals surface area contributed by atoms with Gasteiger partial charge in [-0.15, -0.1) is 0 Å². The summed E-state index contributed by atoms with van der Waals surface area (Å²) in [7, 11) is -4.53. The summed E-state index contributed by atoms with van der Waals surface area (Å²) in [6, 6.07) is 33.7. The fourth-order valence-electron chi connectivity index (χ4n) is 3.51. The topological polar surface area (TPSA) is 68.3 Å². The molecule has 4 nitrogen and oxygen atoms in total. The molecule has 0 N–H and O–H groups in total. The first-order valence-electron chi connectivity index (χ1n) is 10.9. The van der Waals surface area contributed by atoms with E-state index < -0.39 is 31.2 Å². The Kier molecular flexibility index (Phi) is 7.29. The smallest absolute Gasteiger partial charge is 0.214 e. The van der Waals surface area contributed by atoms with Crippen LogP contribution >= 0.6 is 0 Å². The first-order valence-corrected chi connectivity index (χ1v) is 12.4. The molecule has 35 heavy (non-hydrogen) atoms. The predicted molar refractivity (Wildman–Crippen MR) is 139 cm³/mol. The zero-order chi connectivity index (χ0) is 24.7. The first-order chi connectivity index (χ1) is 17.0. The fraction of sp³-hybridized carbons (Fsp3) is 0. The van der Waals surface area contributed by atoms with Gasteiger partial charge in [0, 0.05) is 11.1 Å². The number of benzene rings is 4. The van der Waals surface area contributed by atoms with Crippen molar-refractivity contribution in [3.63, 3.8) is 0 Å². The molecule has 0 bridgehead atoms. The van der Waals surface area contributed by atoms with Crippen molar-refractivity contribution in [2.24, 2.45) is 0 Å². The largest absolute Gasteiger partial charge is 0.288 e. The van der Waals surface area contributed by atoms with Crippen LogP contribution in [0.25, 0.3) is 12.2 Å². The molecule has 0 aliphatic heterocycles. The molecule has 0 radical (unpaired) electrons. The van der Waals surface area contributed by atoms with E-state index in [1.165, 1.54) is 12.2 Å². The van der Waals surface area contributed by atoms with E-state index in [9.17, 15) is 18.0 Å². The zero-order valence-corrected chi connectivity index (χ0v) is 19.6. The number of rotatable bonds is 8. The summed E-state index contributed by atoms with van der Waals surface area (Å²) < 4.78 is 28.2. The molecule has 5 heteroatoms. The molecule has 4 aromatic carbocycles. The van der Waals surface area contributed by atoms with Crippen LogP contribution in [0.1, 0.15) is 31.8 Å². The van der Waals surface area contributed by atoms with E-state index >= 15 is 0 Å². The maximum atomic E-state index is 14.1. The highest BCUT2D eigenvalue weighted by molar-refractivity contribution is 8.01. The Morgan fingerprint density at radius 3 is 1.06 bits per heavy atom. The summed E-state index contributed by atoms with van der Waals surface area (Å²) in [5, 5.41) is 0. The molecule has 0 aromatic heterocycles. The molecule has 0 atom stereocenters. The van der Waals surface area contributed by atoms with Crippen LogP contribution in [0.3, 0.4) is 0 Å². The third kappa shape index (κ3) is 5.60. The molecule has 172 valence electrons. The standard InChI is InChI=1S/C30H22O4S/c31-29(25-17-9-3-10-18-25)27(21-23-13-5-1-6-14-23)35(33,34)28(22-24-15-7-2-8-16-24)30(32)26-19-11-4-12-20-26/h1-22H/b27-21-,28-22+. The number of carbonyl (C=O) groups is 2. The van der Waals surface area contributed by atoms with Crippen LogP contribution in [0.15, 0.2) is 131 Å². The maximum absolute atomic E-state index is 14.1. The summed E-state index contributed by atoms with van der Waals surface area (Å²) >= 11 is 0. The third-order valence-corrected chi connectivity index (χ3v) is 7.06. The van der Waals surface area contributed by atoms with Gasteiger partial charge in [0.1, 0.15) is 9.81 Å². The van der Waals surface area contributed by atoms with Crippen LogP contribution in [-0.4, -0.2) is 20.0 Å². The first kappa shape index (κ1) is 23.8. The minimum atomic E-state index is -4.53. The van der Waals surface area contributed by atoms with Gasteiger partial charge in [0.05, 0.1) is 0 Å².